The minimum Gasteiger partial charge on any atom is -0.494 e. The molecule has 0 saturated carbocycles. The summed E-state index contributed by atoms with van der Waals surface area (Å²) in [5, 5.41) is 34.5. The first-order chi connectivity index (χ1) is 11.3. The monoisotopic (exact) mass is 336 g/mol. The molecule has 0 radical (unpaired) electrons. The Bertz CT molecular complexity index is 960. The van der Waals surface area contributed by atoms with E-state index in [0.29, 0.717) is 0 Å². The summed E-state index contributed by atoms with van der Waals surface area (Å²) in [6.45, 7) is 0. The van der Waals surface area contributed by atoms with Crippen molar-refractivity contribution in [3.8, 4) is 5.88 Å². The topological polar surface area (TPSA) is 197 Å². The molecule has 0 bridgehead atoms. The van der Waals surface area contributed by atoms with Gasteiger partial charge in [0, 0.05) is 6.07 Å². The van der Waals surface area contributed by atoms with Gasteiger partial charge in [0.05, 0.1) is 22.1 Å². The number of aromatic nitrogens is 2. The molecule has 2 rings (SSSR count). The molecule has 13 heteroatoms. The molecule has 0 aliphatic heterocycles. The van der Waals surface area contributed by atoms with Crippen molar-refractivity contribution in [2.24, 2.45) is 5.10 Å². The zero-order valence-electron chi connectivity index (χ0n) is 11.5. The van der Waals surface area contributed by atoms with Gasteiger partial charge in [0.2, 0.25) is 5.88 Å². The van der Waals surface area contributed by atoms with Crippen LogP contribution in [0.1, 0.15) is 5.56 Å². The number of nitro benzene ring substituents is 2. The van der Waals surface area contributed by atoms with Gasteiger partial charge in [-0.25, -0.2) is 4.79 Å². The number of hydrazone groups is 1. The van der Waals surface area contributed by atoms with Crippen LogP contribution < -0.4 is 16.7 Å². The Kier molecular flexibility index (Phi) is 4.35. The number of hydrogen-bond donors (Lipinski definition) is 4. The number of nitrogens with zero attached hydrogens (tertiary/aromatic N) is 3. The van der Waals surface area contributed by atoms with Gasteiger partial charge in [0.15, 0.2) is 0 Å². The van der Waals surface area contributed by atoms with Crippen LogP contribution in [0.3, 0.4) is 0 Å². The number of aromatic amines is 2. The Morgan fingerprint density at radius 3 is 2.46 bits per heavy atom. The molecule has 0 aliphatic carbocycles. The van der Waals surface area contributed by atoms with E-state index in [1.54, 1.807) is 0 Å². The van der Waals surface area contributed by atoms with Crippen LogP contribution in [0.4, 0.5) is 17.1 Å². The van der Waals surface area contributed by atoms with Gasteiger partial charge in [-0.05, 0) is 6.07 Å². The van der Waals surface area contributed by atoms with E-state index in [0.717, 1.165) is 24.4 Å². The highest BCUT2D eigenvalue weighted by molar-refractivity contribution is 5.82. The fourth-order valence-corrected chi connectivity index (χ4v) is 1.65. The van der Waals surface area contributed by atoms with Crippen LogP contribution in [0.2, 0.25) is 0 Å². The van der Waals surface area contributed by atoms with Crippen LogP contribution in [0.5, 0.6) is 5.88 Å². The van der Waals surface area contributed by atoms with Crippen LogP contribution in [0.25, 0.3) is 0 Å². The van der Waals surface area contributed by atoms with Gasteiger partial charge in [-0.3, -0.25) is 40.4 Å². The summed E-state index contributed by atoms with van der Waals surface area (Å²) in [6.07, 6.45) is 0.815. The quantitative estimate of drug-likeness (QED) is 0.333. The van der Waals surface area contributed by atoms with Crippen molar-refractivity contribution in [1.29, 1.82) is 0 Å². The summed E-state index contributed by atoms with van der Waals surface area (Å²) in [5.41, 5.74) is -1.29. The first-order valence-corrected chi connectivity index (χ1v) is 6.07. The molecule has 0 spiro atoms. The van der Waals surface area contributed by atoms with Gasteiger partial charge in [-0.15, -0.1) is 0 Å². The highest BCUT2D eigenvalue weighted by Crippen LogP contribution is 2.28. The van der Waals surface area contributed by atoms with E-state index >= 15 is 0 Å². The van der Waals surface area contributed by atoms with Crippen LogP contribution in [0, 0.1) is 20.2 Å². The number of nitrogens with one attached hydrogen (secondary N) is 3. The molecule has 2 aromatic rings. The molecule has 0 saturated heterocycles. The molecule has 0 aliphatic rings. The number of anilines is 1. The maximum absolute atomic E-state index is 11.5. The van der Waals surface area contributed by atoms with E-state index in [2.05, 4.69) is 10.5 Å². The second kappa shape index (κ2) is 6.39. The standard InChI is InChI=1S/C11H8N6O7/c18-9-6(10(19)14-11(20)13-9)4-12-15-7-2-1-5(16(21)22)3-8(7)17(23)24/h1-4,15H,(H3,13,14,18,19,20)/b12-4+. The molecule has 0 atom stereocenters. The van der Waals surface area contributed by atoms with Crippen molar-refractivity contribution in [2.75, 3.05) is 5.43 Å². The number of hydrogen-bond acceptors (Lipinski definition) is 9. The minimum absolute atomic E-state index is 0.179. The van der Waals surface area contributed by atoms with E-state index in [4.69, 9.17) is 0 Å². The van der Waals surface area contributed by atoms with Gasteiger partial charge in [-0.2, -0.15) is 5.10 Å². The number of benzene rings is 1. The Hall–Kier alpha value is -4.03. The smallest absolute Gasteiger partial charge is 0.328 e. The number of rotatable bonds is 5. The zero-order valence-corrected chi connectivity index (χ0v) is 11.5. The number of non-ortho nitro benzene ring substituents is 1. The average molecular weight is 336 g/mol. The summed E-state index contributed by atoms with van der Waals surface area (Å²) in [5.74, 6) is -0.743. The Morgan fingerprint density at radius 2 is 1.88 bits per heavy atom. The largest absolute Gasteiger partial charge is 0.494 e. The lowest BCUT2D eigenvalue weighted by atomic mass is 10.2. The molecule has 1 aromatic carbocycles. The normalized spacial score (nSPS) is 10.7. The summed E-state index contributed by atoms with van der Waals surface area (Å²) in [6, 6.07) is 2.82. The van der Waals surface area contributed by atoms with Gasteiger partial charge in [0.1, 0.15) is 11.3 Å². The SMILES string of the molecule is O=c1[nH]c(O)c(/C=N/Nc2ccc([N+](=O)[O-])cc2[N+](=O)[O-])c(=O)[nH]1. The highest BCUT2D eigenvalue weighted by atomic mass is 16.6. The zero-order chi connectivity index (χ0) is 17.9. The summed E-state index contributed by atoms with van der Waals surface area (Å²) in [4.78, 5) is 46.0. The lowest BCUT2D eigenvalue weighted by Crippen LogP contribution is -2.25. The van der Waals surface area contributed by atoms with Gasteiger partial charge in [-0.1, -0.05) is 0 Å². The number of nitro groups is 2. The van der Waals surface area contributed by atoms with Crippen LogP contribution in [0.15, 0.2) is 32.9 Å². The van der Waals surface area contributed by atoms with E-state index in [1.165, 1.54) is 0 Å². The number of aromatic hydroxyl groups is 1. The third-order valence-electron chi connectivity index (χ3n) is 2.73. The van der Waals surface area contributed by atoms with E-state index in [-0.39, 0.29) is 5.69 Å². The van der Waals surface area contributed by atoms with Gasteiger partial charge in [0.25, 0.3) is 11.2 Å². The molecule has 13 nitrogen and oxygen atoms in total. The summed E-state index contributed by atoms with van der Waals surface area (Å²) in [7, 11) is 0. The Balaban J connectivity index is 2.33. The molecular weight excluding hydrogens is 328 g/mol. The summed E-state index contributed by atoms with van der Waals surface area (Å²) < 4.78 is 0. The van der Waals surface area contributed by atoms with Crippen molar-refractivity contribution in [2.45, 2.75) is 0 Å². The van der Waals surface area contributed by atoms with E-state index < -0.39 is 43.9 Å². The van der Waals surface area contributed by atoms with Crippen LogP contribution in [-0.4, -0.2) is 31.1 Å². The van der Waals surface area contributed by atoms with Crippen molar-refractivity contribution in [1.82, 2.24) is 9.97 Å². The van der Waals surface area contributed by atoms with Crippen molar-refractivity contribution >= 4 is 23.3 Å². The molecular formula is C11H8N6O7. The van der Waals surface area contributed by atoms with Gasteiger partial charge >= 0.3 is 11.4 Å². The lowest BCUT2D eigenvalue weighted by Gasteiger charge is -2.02. The molecule has 0 fully saturated rings. The number of H-pyrrole nitrogens is 2. The van der Waals surface area contributed by atoms with Crippen LogP contribution >= 0.6 is 0 Å². The molecule has 124 valence electrons. The average Bonchev–Trinajstić information content (AvgIpc) is 2.49. The highest BCUT2D eigenvalue weighted by Gasteiger charge is 2.19. The Morgan fingerprint density at radius 1 is 1.17 bits per heavy atom. The predicted molar refractivity (Wildman–Crippen MR) is 80.3 cm³/mol. The Labute approximate surface area is 130 Å². The predicted octanol–water partition coefficient (Wildman–Crippen LogP) is 0.0312. The molecule has 0 amide bonds. The molecule has 24 heavy (non-hydrogen) atoms. The van der Waals surface area contributed by atoms with Gasteiger partial charge < -0.3 is 5.11 Å². The minimum atomic E-state index is -0.931. The molecule has 1 heterocycles. The first-order valence-electron chi connectivity index (χ1n) is 6.07. The molecule has 0 unspecified atom stereocenters. The lowest BCUT2D eigenvalue weighted by molar-refractivity contribution is -0.393. The fraction of sp³-hybridized carbons (Fsp3) is 0. The molecule has 1 aromatic heterocycles. The second-order valence-electron chi connectivity index (χ2n) is 4.26. The third-order valence-corrected chi connectivity index (χ3v) is 2.73. The summed E-state index contributed by atoms with van der Waals surface area (Å²) >= 11 is 0. The van der Waals surface area contributed by atoms with E-state index in [1.807, 2.05) is 9.97 Å². The van der Waals surface area contributed by atoms with E-state index in [9.17, 15) is 34.9 Å². The third kappa shape index (κ3) is 3.41. The van der Waals surface area contributed by atoms with Crippen LogP contribution in [-0.2, 0) is 0 Å². The van der Waals surface area contributed by atoms with Crippen molar-refractivity contribution < 1.29 is 15.0 Å². The fourth-order valence-electron chi connectivity index (χ4n) is 1.65. The maximum Gasteiger partial charge on any atom is 0.328 e. The van der Waals surface area contributed by atoms with Crippen molar-refractivity contribution in [3.63, 3.8) is 0 Å². The molecule has 4 N–H and O–H groups in total. The maximum atomic E-state index is 11.5. The first kappa shape index (κ1) is 16.3. The second-order valence-corrected chi connectivity index (χ2v) is 4.26. The van der Waals surface area contributed by atoms with Crippen molar-refractivity contribution in [3.05, 3.63) is 64.8 Å².